The number of rotatable bonds is 5. The van der Waals surface area contributed by atoms with Crippen LogP contribution in [0.15, 0.2) is 34.5 Å². The van der Waals surface area contributed by atoms with Crippen LogP contribution < -0.4 is 5.32 Å². The number of aryl methyl sites for hydroxylation is 1. The van der Waals surface area contributed by atoms with Crippen LogP contribution in [0.1, 0.15) is 34.8 Å². The molecule has 0 atom stereocenters. The largest absolute Gasteiger partial charge is 0.321 e. The highest BCUT2D eigenvalue weighted by molar-refractivity contribution is 7.89. The molecule has 12 heteroatoms. The first-order valence-electron chi connectivity index (χ1n) is 9.32. The van der Waals surface area contributed by atoms with E-state index in [9.17, 15) is 17.6 Å². The summed E-state index contributed by atoms with van der Waals surface area (Å²) in [5.41, 5.74) is 0.365. The Morgan fingerprint density at radius 2 is 1.97 bits per heavy atom. The van der Waals surface area contributed by atoms with Gasteiger partial charge in [0, 0.05) is 18.8 Å². The van der Waals surface area contributed by atoms with Gasteiger partial charge in [0.15, 0.2) is 5.82 Å². The fraction of sp³-hybridized carbons (Fsp3) is 0.333. The van der Waals surface area contributed by atoms with Crippen molar-refractivity contribution in [2.24, 2.45) is 0 Å². The molecule has 0 saturated carbocycles. The van der Waals surface area contributed by atoms with Gasteiger partial charge in [0.05, 0.1) is 0 Å². The van der Waals surface area contributed by atoms with Crippen LogP contribution in [0.25, 0.3) is 5.69 Å². The maximum absolute atomic E-state index is 14.2. The number of carbonyl (C=O) groups excluding carboxylic acids is 1. The van der Waals surface area contributed by atoms with E-state index in [1.54, 1.807) is 12.3 Å². The third kappa shape index (κ3) is 3.85. The number of amides is 1. The number of carbonyl (C=O) groups is 1. The molecular formula is C18H19FN6O3S2. The van der Waals surface area contributed by atoms with Gasteiger partial charge in [-0.05, 0) is 59.8 Å². The summed E-state index contributed by atoms with van der Waals surface area (Å²) in [7, 11) is -3.75. The molecule has 1 aromatic carbocycles. The Kier molecular flexibility index (Phi) is 5.62. The van der Waals surface area contributed by atoms with Crippen molar-refractivity contribution in [2.75, 3.05) is 18.4 Å². The summed E-state index contributed by atoms with van der Waals surface area (Å²) in [5.74, 6) is -0.759. The van der Waals surface area contributed by atoms with Crippen molar-refractivity contribution >= 4 is 33.0 Å². The number of nitrogens with one attached hydrogen (secondary N) is 1. The number of hydrogen-bond acceptors (Lipinski definition) is 7. The zero-order valence-electron chi connectivity index (χ0n) is 16.1. The van der Waals surface area contributed by atoms with Crippen LogP contribution in [0.4, 0.5) is 10.1 Å². The van der Waals surface area contributed by atoms with Crippen molar-refractivity contribution < 1.29 is 17.6 Å². The average Bonchev–Trinajstić information content (AvgIpc) is 3.40. The summed E-state index contributed by atoms with van der Waals surface area (Å²) in [6.45, 7) is 2.52. The Hall–Kier alpha value is -2.70. The van der Waals surface area contributed by atoms with Crippen LogP contribution in [0.3, 0.4) is 0 Å². The fourth-order valence-electron chi connectivity index (χ4n) is 3.31. The summed E-state index contributed by atoms with van der Waals surface area (Å²) in [6, 6.07) is 5.42. The molecule has 1 fully saturated rings. The van der Waals surface area contributed by atoms with Gasteiger partial charge >= 0.3 is 0 Å². The number of sulfonamides is 1. The van der Waals surface area contributed by atoms with E-state index in [1.807, 2.05) is 0 Å². The number of benzene rings is 1. The van der Waals surface area contributed by atoms with E-state index in [-0.39, 0.29) is 15.5 Å². The molecule has 3 heterocycles. The molecule has 0 aliphatic carbocycles. The summed E-state index contributed by atoms with van der Waals surface area (Å²) in [6.07, 6.45) is 2.61. The van der Waals surface area contributed by atoms with E-state index in [1.165, 1.54) is 33.3 Å². The SMILES string of the molecule is Cc1nnnn1-c1cc(NC(=O)c2sccc2S(=O)(=O)N2CCCCC2)ccc1F. The number of aromatic nitrogens is 4. The van der Waals surface area contributed by atoms with Crippen molar-refractivity contribution in [3.63, 3.8) is 0 Å². The third-order valence-corrected chi connectivity index (χ3v) is 7.81. The maximum Gasteiger partial charge on any atom is 0.267 e. The Morgan fingerprint density at radius 3 is 2.67 bits per heavy atom. The summed E-state index contributed by atoms with van der Waals surface area (Å²) < 4.78 is 42.9. The second kappa shape index (κ2) is 8.20. The minimum atomic E-state index is -3.75. The zero-order valence-corrected chi connectivity index (χ0v) is 17.7. The Balaban J connectivity index is 1.60. The predicted octanol–water partition coefficient (Wildman–Crippen LogP) is 2.60. The highest BCUT2D eigenvalue weighted by Gasteiger charge is 2.31. The molecule has 4 rings (SSSR count). The van der Waals surface area contributed by atoms with Gasteiger partial charge in [-0.15, -0.1) is 16.4 Å². The van der Waals surface area contributed by atoms with E-state index in [0.29, 0.717) is 24.6 Å². The first-order valence-corrected chi connectivity index (χ1v) is 11.6. The molecule has 1 aliphatic heterocycles. The summed E-state index contributed by atoms with van der Waals surface area (Å²) in [4.78, 5) is 12.9. The molecule has 1 N–H and O–H groups in total. The van der Waals surface area contributed by atoms with E-state index in [4.69, 9.17) is 0 Å². The zero-order chi connectivity index (χ0) is 21.3. The van der Waals surface area contributed by atoms with Gasteiger partial charge in [0.1, 0.15) is 21.3 Å². The number of thiophene rings is 1. The van der Waals surface area contributed by atoms with Crippen molar-refractivity contribution in [1.29, 1.82) is 0 Å². The quantitative estimate of drug-likeness (QED) is 0.640. The average molecular weight is 451 g/mol. The second-order valence-corrected chi connectivity index (χ2v) is 9.66. The molecule has 0 bridgehead atoms. The van der Waals surface area contributed by atoms with Crippen molar-refractivity contribution in [1.82, 2.24) is 24.5 Å². The monoisotopic (exact) mass is 450 g/mol. The first kappa shape index (κ1) is 20.6. The Bertz CT molecular complexity index is 1180. The van der Waals surface area contributed by atoms with Crippen LogP contribution in [-0.4, -0.2) is 51.9 Å². The van der Waals surface area contributed by atoms with Crippen LogP contribution in [-0.2, 0) is 10.0 Å². The normalized spacial score (nSPS) is 15.3. The van der Waals surface area contributed by atoms with Crippen LogP contribution in [0, 0.1) is 12.7 Å². The predicted molar refractivity (Wildman–Crippen MR) is 109 cm³/mol. The highest BCUT2D eigenvalue weighted by Crippen LogP contribution is 2.28. The lowest BCUT2D eigenvalue weighted by atomic mass is 10.2. The molecule has 158 valence electrons. The molecule has 1 aliphatic rings. The molecule has 30 heavy (non-hydrogen) atoms. The molecule has 1 saturated heterocycles. The minimum Gasteiger partial charge on any atom is -0.321 e. The minimum absolute atomic E-state index is 0.00874. The second-order valence-electron chi connectivity index (χ2n) is 6.84. The summed E-state index contributed by atoms with van der Waals surface area (Å²) in [5, 5.41) is 15.2. The molecule has 0 radical (unpaired) electrons. The smallest absolute Gasteiger partial charge is 0.267 e. The van der Waals surface area contributed by atoms with Crippen molar-refractivity contribution in [3.8, 4) is 5.69 Å². The van der Waals surface area contributed by atoms with E-state index < -0.39 is 21.7 Å². The molecule has 0 unspecified atom stereocenters. The molecular weight excluding hydrogens is 431 g/mol. The van der Waals surface area contributed by atoms with Gasteiger partial charge in [-0.2, -0.15) is 8.99 Å². The molecule has 9 nitrogen and oxygen atoms in total. The number of halogens is 1. The number of nitrogens with zero attached hydrogens (tertiary/aromatic N) is 5. The third-order valence-electron chi connectivity index (χ3n) is 4.83. The lowest BCUT2D eigenvalue weighted by molar-refractivity contribution is 0.102. The lowest BCUT2D eigenvalue weighted by Gasteiger charge is -2.25. The van der Waals surface area contributed by atoms with Crippen LogP contribution in [0.5, 0.6) is 0 Å². The molecule has 1 amide bonds. The summed E-state index contributed by atoms with van der Waals surface area (Å²) >= 11 is 1.05. The first-order chi connectivity index (χ1) is 14.4. The molecule has 0 spiro atoms. The Morgan fingerprint density at radius 1 is 1.20 bits per heavy atom. The molecule has 2 aromatic heterocycles. The fourth-order valence-corrected chi connectivity index (χ4v) is 6.12. The van der Waals surface area contributed by atoms with E-state index in [2.05, 4.69) is 20.8 Å². The van der Waals surface area contributed by atoms with Gasteiger partial charge in [-0.25, -0.2) is 12.8 Å². The topological polar surface area (TPSA) is 110 Å². The van der Waals surface area contributed by atoms with Crippen molar-refractivity contribution in [3.05, 3.63) is 46.2 Å². The molecule has 3 aromatic rings. The maximum atomic E-state index is 14.2. The van der Waals surface area contributed by atoms with E-state index >= 15 is 0 Å². The van der Waals surface area contributed by atoms with Gasteiger partial charge in [0.25, 0.3) is 5.91 Å². The van der Waals surface area contributed by atoms with Crippen LogP contribution >= 0.6 is 11.3 Å². The van der Waals surface area contributed by atoms with Crippen LogP contribution in [0.2, 0.25) is 0 Å². The number of piperidine rings is 1. The van der Waals surface area contributed by atoms with Gasteiger partial charge in [0.2, 0.25) is 10.0 Å². The Labute approximate surface area is 176 Å². The van der Waals surface area contributed by atoms with Gasteiger partial charge < -0.3 is 5.32 Å². The number of anilines is 1. The lowest BCUT2D eigenvalue weighted by Crippen LogP contribution is -2.36. The number of tetrazole rings is 1. The number of hydrogen-bond donors (Lipinski definition) is 1. The standard InChI is InChI=1S/C18H19FN6O3S2/c1-12-21-22-23-25(12)15-11-13(5-6-14(15)19)20-18(26)17-16(7-10-29-17)30(27,28)24-8-3-2-4-9-24/h5-7,10-11H,2-4,8-9H2,1H3,(H,20,26). The van der Waals surface area contributed by atoms with Gasteiger partial charge in [-0.1, -0.05) is 6.42 Å². The van der Waals surface area contributed by atoms with Gasteiger partial charge in [-0.3, -0.25) is 4.79 Å². The highest BCUT2D eigenvalue weighted by atomic mass is 32.2. The van der Waals surface area contributed by atoms with Crippen molar-refractivity contribution in [2.45, 2.75) is 31.1 Å². The van der Waals surface area contributed by atoms with E-state index in [0.717, 1.165) is 30.6 Å².